The number of rotatable bonds is 4. The molecular formula is C17H27N. The van der Waals surface area contributed by atoms with Crippen LogP contribution in [0.4, 0.5) is 0 Å². The van der Waals surface area contributed by atoms with E-state index < -0.39 is 0 Å². The van der Waals surface area contributed by atoms with Gasteiger partial charge >= 0.3 is 0 Å². The Morgan fingerprint density at radius 2 is 2.06 bits per heavy atom. The maximum absolute atomic E-state index is 3.60. The highest BCUT2D eigenvalue weighted by atomic mass is 14.9. The molecule has 0 bridgehead atoms. The normalized spacial score (nSPS) is 27.7. The third-order valence-corrected chi connectivity index (χ3v) is 4.89. The molecule has 0 aromatic heterocycles. The van der Waals surface area contributed by atoms with Crippen molar-refractivity contribution in [3.63, 3.8) is 0 Å². The van der Waals surface area contributed by atoms with Crippen LogP contribution in [-0.4, -0.2) is 13.1 Å². The maximum Gasteiger partial charge on any atom is 0.0115 e. The van der Waals surface area contributed by atoms with Gasteiger partial charge in [-0.2, -0.15) is 0 Å². The molecule has 0 aliphatic carbocycles. The van der Waals surface area contributed by atoms with Crippen LogP contribution in [0.2, 0.25) is 0 Å². The molecule has 0 amide bonds. The summed E-state index contributed by atoms with van der Waals surface area (Å²) >= 11 is 0. The highest BCUT2D eigenvalue weighted by Crippen LogP contribution is 2.40. The van der Waals surface area contributed by atoms with E-state index in [1.807, 2.05) is 0 Å². The summed E-state index contributed by atoms with van der Waals surface area (Å²) in [7, 11) is 0. The molecule has 1 aliphatic heterocycles. The Bertz CT molecular complexity index is 410. The Labute approximate surface area is 112 Å². The minimum absolute atomic E-state index is 0.370. The SMILES string of the molecule is CCCC[C@@]1(c2ccc(C)c(C)c2)CNC[C@H]1C. The van der Waals surface area contributed by atoms with E-state index in [0.717, 1.165) is 19.0 Å². The molecule has 0 unspecified atom stereocenters. The van der Waals surface area contributed by atoms with Gasteiger partial charge in [0.15, 0.2) is 0 Å². The van der Waals surface area contributed by atoms with Crippen LogP contribution in [0.3, 0.4) is 0 Å². The molecule has 2 rings (SSSR count). The molecule has 1 heterocycles. The van der Waals surface area contributed by atoms with Crippen molar-refractivity contribution in [1.29, 1.82) is 0 Å². The molecule has 1 fully saturated rings. The van der Waals surface area contributed by atoms with Gasteiger partial charge in [-0.25, -0.2) is 0 Å². The summed E-state index contributed by atoms with van der Waals surface area (Å²) in [6.07, 6.45) is 3.94. The van der Waals surface area contributed by atoms with Gasteiger partial charge in [-0.05, 0) is 49.4 Å². The molecule has 1 N–H and O–H groups in total. The standard InChI is InChI=1S/C17H27N/c1-5-6-9-17(12-18-11-15(17)4)16-8-7-13(2)14(3)10-16/h7-8,10,15,18H,5-6,9,11-12H2,1-4H3/t15-,17-/m1/s1. The molecule has 2 atom stereocenters. The van der Waals surface area contributed by atoms with Crippen LogP contribution in [0.1, 0.15) is 49.8 Å². The Morgan fingerprint density at radius 3 is 2.61 bits per heavy atom. The van der Waals surface area contributed by atoms with Crippen molar-refractivity contribution in [3.8, 4) is 0 Å². The van der Waals surface area contributed by atoms with E-state index in [-0.39, 0.29) is 0 Å². The van der Waals surface area contributed by atoms with Crippen LogP contribution in [0, 0.1) is 19.8 Å². The number of hydrogen-bond donors (Lipinski definition) is 1. The molecule has 0 spiro atoms. The third kappa shape index (κ3) is 2.33. The molecule has 1 aliphatic rings. The lowest BCUT2D eigenvalue weighted by atomic mass is 9.69. The van der Waals surface area contributed by atoms with E-state index in [0.29, 0.717) is 5.41 Å². The monoisotopic (exact) mass is 245 g/mol. The van der Waals surface area contributed by atoms with E-state index in [4.69, 9.17) is 0 Å². The molecule has 18 heavy (non-hydrogen) atoms. The summed E-state index contributed by atoms with van der Waals surface area (Å²) in [4.78, 5) is 0. The second kappa shape index (κ2) is 5.44. The van der Waals surface area contributed by atoms with Gasteiger partial charge in [0.1, 0.15) is 0 Å². The van der Waals surface area contributed by atoms with E-state index in [1.54, 1.807) is 5.56 Å². The first kappa shape index (κ1) is 13.6. The van der Waals surface area contributed by atoms with Crippen molar-refractivity contribution in [2.24, 2.45) is 5.92 Å². The molecule has 0 saturated carbocycles. The summed E-state index contributed by atoms with van der Waals surface area (Å²) < 4.78 is 0. The molecular weight excluding hydrogens is 218 g/mol. The Kier molecular flexibility index (Phi) is 4.11. The third-order valence-electron chi connectivity index (χ3n) is 4.89. The fraction of sp³-hybridized carbons (Fsp3) is 0.647. The Morgan fingerprint density at radius 1 is 1.28 bits per heavy atom. The van der Waals surface area contributed by atoms with Gasteiger partial charge in [0, 0.05) is 12.0 Å². The second-order valence-corrected chi connectivity index (χ2v) is 6.09. The van der Waals surface area contributed by atoms with Crippen LogP contribution in [0.25, 0.3) is 0 Å². The lowest BCUT2D eigenvalue weighted by Crippen LogP contribution is -2.34. The molecule has 100 valence electrons. The highest BCUT2D eigenvalue weighted by molar-refractivity contribution is 5.36. The van der Waals surface area contributed by atoms with Crippen molar-refractivity contribution in [2.75, 3.05) is 13.1 Å². The first-order valence-electron chi connectivity index (χ1n) is 7.38. The lowest BCUT2D eigenvalue weighted by molar-refractivity contribution is 0.329. The number of unbranched alkanes of at least 4 members (excludes halogenated alkanes) is 1. The van der Waals surface area contributed by atoms with Crippen LogP contribution in [0.15, 0.2) is 18.2 Å². The van der Waals surface area contributed by atoms with Crippen molar-refractivity contribution >= 4 is 0 Å². The van der Waals surface area contributed by atoms with E-state index >= 15 is 0 Å². The Balaban J connectivity index is 2.36. The van der Waals surface area contributed by atoms with E-state index in [9.17, 15) is 0 Å². The number of aryl methyl sites for hydroxylation is 2. The minimum atomic E-state index is 0.370. The van der Waals surface area contributed by atoms with Gasteiger partial charge in [-0.3, -0.25) is 0 Å². The van der Waals surface area contributed by atoms with Crippen molar-refractivity contribution in [2.45, 2.75) is 52.4 Å². The first-order chi connectivity index (χ1) is 8.60. The Hall–Kier alpha value is -0.820. The van der Waals surface area contributed by atoms with Gasteiger partial charge in [0.25, 0.3) is 0 Å². The van der Waals surface area contributed by atoms with Gasteiger partial charge in [0.2, 0.25) is 0 Å². The fourth-order valence-electron chi connectivity index (χ4n) is 3.29. The van der Waals surface area contributed by atoms with Gasteiger partial charge in [-0.1, -0.05) is 44.9 Å². The predicted molar refractivity (Wildman–Crippen MR) is 79.2 cm³/mol. The average Bonchev–Trinajstić information content (AvgIpc) is 2.73. The van der Waals surface area contributed by atoms with Crippen molar-refractivity contribution in [1.82, 2.24) is 5.32 Å². The number of benzene rings is 1. The zero-order valence-corrected chi connectivity index (χ0v) is 12.3. The van der Waals surface area contributed by atoms with Crippen LogP contribution < -0.4 is 5.32 Å². The zero-order chi connectivity index (χ0) is 13.2. The number of nitrogens with one attached hydrogen (secondary N) is 1. The van der Waals surface area contributed by atoms with Crippen LogP contribution in [0.5, 0.6) is 0 Å². The second-order valence-electron chi connectivity index (χ2n) is 6.09. The summed E-state index contributed by atoms with van der Waals surface area (Å²) in [5.41, 5.74) is 4.76. The summed E-state index contributed by atoms with van der Waals surface area (Å²) in [6, 6.07) is 7.08. The highest BCUT2D eigenvalue weighted by Gasteiger charge is 2.41. The summed E-state index contributed by atoms with van der Waals surface area (Å²) in [5, 5.41) is 3.60. The molecule has 1 nitrogen and oxygen atoms in total. The van der Waals surface area contributed by atoms with Gasteiger partial charge in [0.05, 0.1) is 0 Å². The quantitative estimate of drug-likeness (QED) is 0.846. The molecule has 1 heteroatoms. The predicted octanol–water partition coefficient (Wildman–Crippen LogP) is 3.97. The van der Waals surface area contributed by atoms with Gasteiger partial charge < -0.3 is 5.32 Å². The number of hydrogen-bond acceptors (Lipinski definition) is 1. The summed E-state index contributed by atoms with van der Waals surface area (Å²) in [5.74, 6) is 0.742. The van der Waals surface area contributed by atoms with Crippen LogP contribution in [-0.2, 0) is 5.41 Å². The zero-order valence-electron chi connectivity index (χ0n) is 12.3. The van der Waals surface area contributed by atoms with E-state index in [1.165, 1.54) is 30.4 Å². The molecule has 0 radical (unpaired) electrons. The van der Waals surface area contributed by atoms with Crippen molar-refractivity contribution < 1.29 is 0 Å². The maximum atomic E-state index is 3.60. The molecule has 1 aromatic carbocycles. The minimum Gasteiger partial charge on any atom is -0.316 e. The fourth-order valence-corrected chi connectivity index (χ4v) is 3.29. The summed E-state index contributed by atoms with van der Waals surface area (Å²) in [6.45, 7) is 11.5. The lowest BCUT2D eigenvalue weighted by Gasteiger charge is -2.34. The van der Waals surface area contributed by atoms with E-state index in [2.05, 4.69) is 51.2 Å². The molecule has 1 aromatic rings. The smallest absolute Gasteiger partial charge is 0.0115 e. The first-order valence-corrected chi connectivity index (χ1v) is 7.38. The topological polar surface area (TPSA) is 12.0 Å². The van der Waals surface area contributed by atoms with Gasteiger partial charge in [-0.15, -0.1) is 0 Å². The molecule has 1 saturated heterocycles. The largest absolute Gasteiger partial charge is 0.316 e. The van der Waals surface area contributed by atoms with Crippen molar-refractivity contribution in [3.05, 3.63) is 34.9 Å². The van der Waals surface area contributed by atoms with Crippen LogP contribution >= 0.6 is 0 Å². The average molecular weight is 245 g/mol.